The lowest BCUT2D eigenvalue weighted by atomic mass is 10.2. The Bertz CT molecular complexity index is 240. The minimum atomic E-state index is -5.18. The fourth-order valence-electron chi connectivity index (χ4n) is 0.443. The van der Waals surface area contributed by atoms with E-state index in [9.17, 15) is 26.3 Å². The van der Waals surface area contributed by atoms with Crippen molar-refractivity contribution in [1.82, 2.24) is 0 Å². The molecule has 0 spiro atoms. The largest absolute Gasteiger partial charge is 0.338 e. The molecular formula is C5HCl3F6. The van der Waals surface area contributed by atoms with Gasteiger partial charge in [0.25, 0.3) is 0 Å². The van der Waals surface area contributed by atoms with Crippen LogP contribution in [0.3, 0.4) is 0 Å². The van der Waals surface area contributed by atoms with Crippen LogP contribution in [0.25, 0.3) is 0 Å². The molecular weight excluding hydrogens is 280 g/mol. The molecule has 0 saturated heterocycles. The number of allylic oxidation sites excluding steroid dienone is 1. The number of alkyl halides is 6. The van der Waals surface area contributed by atoms with E-state index in [4.69, 9.17) is 0 Å². The molecule has 0 saturated carbocycles. The average Bonchev–Trinajstić information content (AvgIpc) is 1.99. The van der Waals surface area contributed by atoms with E-state index in [1.54, 1.807) is 0 Å². The van der Waals surface area contributed by atoms with Gasteiger partial charge in [0.2, 0.25) is 15.8 Å². The molecule has 84 valence electrons. The molecule has 0 N–H and O–H groups in total. The van der Waals surface area contributed by atoms with E-state index < -0.39 is 27.8 Å². The molecule has 0 rings (SSSR count). The van der Waals surface area contributed by atoms with Gasteiger partial charge in [0.1, 0.15) is 0 Å². The third-order valence-corrected chi connectivity index (χ3v) is 1.64. The van der Waals surface area contributed by atoms with Crippen molar-refractivity contribution in [2.24, 2.45) is 0 Å². The standard InChI is InChI=1S/C5HCl3F6/c6-5(7,8)3(12)4(13,14)1(9)2(10)11/h3H. The molecule has 1 atom stereocenters. The van der Waals surface area contributed by atoms with Gasteiger partial charge in [-0.2, -0.15) is 22.0 Å². The molecule has 0 radical (unpaired) electrons. The molecule has 0 amide bonds. The first kappa shape index (κ1) is 14.2. The van der Waals surface area contributed by atoms with Gasteiger partial charge in [0.05, 0.1) is 0 Å². The number of hydrogen-bond donors (Lipinski definition) is 0. The van der Waals surface area contributed by atoms with Crippen LogP contribution in [0.1, 0.15) is 0 Å². The second-order valence-corrected chi connectivity index (χ2v) is 4.47. The van der Waals surface area contributed by atoms with Crippen molar-refractivity contribution < 1.29 is 26.3 Å². The van der Waals surface area contributed by atoms with Crippen LogP contribution >= 0.6 is 34.8 Å². The van der Waals surface area contributed by atoms with Crippen molar-refractivity contribution in [1.29, 1.82) is 0 Å². The molecule has 0 aliphatic carbocycles. The van der Waals surface area contributed by atoms with Crippen molar-refractivity contribution in [2.45, 2.75) is 15.9 Å². The molecule has 9 heteroatoms. The topological polar surface area (TPSA) is 0 Å². The van der Waals surface area contributed by atoms with Gasteiger partial charge in [-0.1, -0.05) is 34.8 Å². The van der Waals surface area contributed by atoms with Gasteiger partial charge in [0, 0.05) is 0 Å². The lowest BCUT2D eigenvalue weighted by Gasteiger charge is -2.23. The normalized spacial score (nSPS) is 15.2. The molecule has 0 heterocycles. The van der Waals surface area contributed by atoms with E-state index in [1.165, 1.54) is 0 Å². The van der Waals surface area contributed by atoms with E-state index >= 15 is 0 Å². The predicted molar refractivity (Wildman–Crippen MR) is 40.5 cm³/mol. The van der Waals surface area contributed by atoms with Crippen molar-refractivity contribution in [3.05, 3.63) is 11.9 Å². The monoisotopic (exact) mass is 280 g/mol. The van der Waals surface area contributed by atoms with Gasteiger partial charge in [-0.25, -0.2) is 4.39 Å². The molecule has 0 aromatic carbocycles. The highest BCUT2D eigenvalue weighted by atomic mass is 35.6. The first-order chi connectivity index (χ1) is 6.01. The van der Waals surface area contributed by atoms with E-state index in [0.717, 1.165) is 0 Å². The molecule has 14 heavy (non-hydrogen) atoms. The summed E-state index contributed by atoms with van der Waals surface area (Å²) in [6.45, 7) is 0. The fraction of sp³-hybridized carbons (Fsp3) is 0.600. The summed E-state index contributed by atoms with van der Waals surface area (Å²) in [7, 11) is 0. The first-order valence-electron chi connectivity index (χ1n) is 2.81. The molecule has 1 unspecified atom stereocenters. The van der Waals surface area contributed by atoms with Crippen LogP contribution in [0.2, 0.25) is 0 Å². The Hall–Kier alpha value is 0.190. The Kier molecular flexibility index (Phi) is 4.42. The van der Waals surface area contributed by atoms with E-state index in [1.807, 2.05) is 0 Å². The SMILES string of the molecule is FC(F)=C(F)C(F)(F)C(F)C(Cl)(Cl)Cl. The highest BCUT2D eigenvalue weighted by Crippen LogP contribution is 2.45. The zero-order valence-corrected chi connectivity index (χ0v) is 8.25. The lowest BCUT2D eigenvalue weighted by molar-refractivity contribution is -0.0582. The Morgan fingerprint density at radius 3 is 1.57 bits per heavy atom. The minimum absolute atomic E-state index is 3.20. The maximum absolute atomic E-state index is 12.5. The summed E-state index contributed by atoms with van der Waals surface area (Å²) in [4.78, 5) is 0. The third kappa shape index (κ3) is 3.10. The van der Waals surface area contributed by atoms with E-state index in [2.05, 4.69) is 34.8 Å². The van der Waals surface area contributed by atoms with Gasteiger partial charge < -0.3 is 0 Å². The third-order valence-electron chi connectivity index (χ3n) is 1.06. The van der Waals surface area contributed by atoms with E-state index in [0.29, 0.717) is 0 Å². The molecule has 0 aliphatic rings. The van der Waals surface area contributed by atoms with Gasteiger partial charge in [0.15, 0.2) is 0 Å². The Morgan fingerprint density at radius 1 is 1.00 bits per heavy atom. The predicted octanol–water partition coefficient (Wildman–Crippen LogP) is 4.41. The van der Waals surface area contributed by atoms with Crippen molar-refractivity contribution in [3.8, 4) is 0 Å². The number of rotatable bonds is 2. The van der Waals surface area contributed by atoms with Gasteiger partial charge in [-0.3, -0.25) is 0 Å². The first-order valence-corrected chi connectivity index (χ1v) is 3.94. The number of hydrogen-bond acceptors (Lipinski definition) is 0. The van der Waals surface area contributed by atoms with Crippen molar-refractivity contribution in [3.63, 3.8) is 0 Å². The van der Waals surface area contributed by atoms with Crippen LogP contribution in [-0.2, 0) is 0 Å². The summed E-state index contributed by atoms with van der Waals surface area (Å²) in [6.07, 6.45) is -7.08. The molecule has 0 aromatic rings. The summed E-state index contributed by atoms with van der Waals surface area (Å²) < 4.78 is 69.0. The highest BCUT2D eigenvalue weighted by Gasteiger charge is 2.56. The van der Waals surface area contributed by atoms with Crippen LogP contribution in [-0.4, -0.2) is 15.9 Å². The maximum atomic E-state index is 12.5. The van der Waals surface area contributed by atoms with Crippen LogP contribution in [0.15, 0.2) is 11.9 Å². The van der Waals surface area contributed by atoms with Gasteiger partial charge in [-0.05, 0) is 0 Å². The van der Waals surface area contributed by atoms with Crippen LogP contribution < -0.4 is 0 Å². The lowest BCUT2D eigenvalue weighted by Crippen LogP contribution is -2.40. The molecule has 0 nitrogen and oxygen atoms in total. The summed E-state index contributed by atoms with van der Waals surface area (Å²) >= 11 is 14.0. The zero-order valence-electron chi connectivity index (χ0n) is 5.98. The fourth-order valence-corrected chi connectivity index (χ4v) is 0.854. The summed E-state index contributed by atoms with van der Waals surface area (Å²) in [5.41, 5.74) is 0. The second kappa shape index (κ2) is 4.37. The van der Waals surface area contributed by atoms with Gasteiger partial charge in [-0.15, -0.1) is 0 Å². The Morgan fingerprint density at radius 2 is 1.36 bits per heavy atom. The van der Waals surface area contributed by atoms with Crippen LogP contribution in [0, 0.1) is 0 Å². The Balaban J connectivity index is 5.08. The molecule has 0 aromatic heterocycles. The quantitative estimate of drug-likeness (QED) is 0.519. The smallest absolute Gasteiger partial charge is 0.236 e. The summed E-state index contributed by atoms with van der Waals surface area (Å²) in [5.74, 6) is -8.43. The van der Waals surface area contributed by atoms with Crippen molar-refractivity contribution in [2.75, 3.05) is 0 Å². The average molecular weight is 281 g/mol. The Labute approximate surface area is 89.4 Å². The van der Waals surface area contributed by atoms with Crippen molar-refractivity contribution >= 4 is 34.8 Å². The van der Waals surface area contributed by atoms with Crippen LogP contribution in [0.5, 0.6) is 0 Å². The number of halogens is 9. The molecule has 0 aliphatic heterocycles. The highest BCUT2D eigenvalue weighted by molar-refractivity contribution is 6.68. The summed E-state index contributed by atoms with van der Waals surface area (Å²) in [6, 6.07) is 0. The minimum Gasteiger partial charge on any atom is -0.236 e. The second-order valence-electron chi connectivity index (χ2n) is 2.10. The molecule has 0 fully saturated rings. The van der Waals surface area contributed by atoms with Gasteiger partial charge >= 0.3 is 12.0 Å². The molecule has 0 bridgehead atoms. The van der Waals surface area contributed by atoms with Crippen LogP contribution in [0.4, 0.5) is 26.3 Å². The zero-order chi connectivity index (χ0) is 11.7. The summed E-state index contributed by atoms with van der Waals surface area (Å²) in [5, 5.41) is 0. The maximum Gasteiger partial charge on any atom is 0.338 e. The van der Waals surface area contributed by atoms with E-state index in [-0.39, 0.29) is 0 Å².